The number of aromatic nitrogens is 14. The van der Waals surface area contributed by atoms with Gasteiger partial charge in [-0.3, -0.25) is 43.4 Å². The first-order valence-electron chi connectivity index (χ1n) is 34.5. The Balaban J connectivity index is 0.00000116. The summed E-state index contributed by atoms with van der Waals surface area (Å²) in [5.74, 6) is 1.08. The molecule has 0 aliphatic rings. The van der Waals surface area contributed by atoms with Crippen molar-refractivity contribution in [2.24, 2.45) is 13.0 Å². The minimum Gasteiger partial charge on any atom is -0.503 e. The van der Waals surface area contributed by atoms with Gasteiger partial charge in [0.2, 0.25) is 11.3 Å². The van der Waals surface area contributed by atoms with Crippen molar-refractivity contribution in [3.63, 3.8) is 0 Å². The standard InChI is InChI=1S/C9H10F2O.C8H15N3O.C8H10O3.C7H12N2O.3C6H10N2O.2C6H9NO2.C6H9NOS.C5H8N2O/c1-5(2)6-3-7(10)9(12)8(11)4-6;1-5(2)7-8(6(3)4)11(12)10-9-7;1-5(2)6-3-11-4-7(9)8(6)10;1-5(2)6-4-7(10)8-9(6)3;1-5(2)6-3-7-4-8(6)9;1-5(2)6-7-3-4-8(6)9;1-5(2)6-3-4-7-8(6)9;1-4(2)5-3-7-9-6(5)8;2*1-4(2)5-3-6(8)7-9-5;1-4(2)5(8)7-3-6/h3-5,12H,1-2H3;5-6,12H,1-4H3;3-5,9H,1-2H3;4-5H,1-3H3,(H,8,10);3*3-5,9H,1-2H3;3-4,7H,1-2H3;2*3-4H,1-2H3,(H,7,8);4H,1-2H3,(H,7,8). The molecule has 0 aliphatic heterocycles. The fourth-order valence-electron chi connectivity index (χ4n) is 8.21. The Morgan fingerprint density at radius 2 is 1.20 bits per heavy atom. The third-order valence-corrected chi connectivity index (χ3v) is 15.5. The van der Waals surface area contributed by atoms with Crippen LogP contribution in [0.15, 0.2) is 124 Å². The van der Waals surface area contributed by atoms with E-state index in [1.807, 2.05) is 137 Å². The number of nitrogens with one attached hydrogen (secondary N) is 5. The van der Waals surface area contributed by atoms with Gasteiger partial charge in [-0.2, -0.15) is 19.9 Å². The van der Waals surface area contributed by atoms with Crippen LogP contribution >= 0.6 is 11.5 Å². The lowest BCUT2D eigenvalue weighted by molar-refractivity contribution is -0.122. The van der Waals surface area contributed by atoms with E-state index in [9.17, 15) is 42.8 Å². The number of aryl methyl sites for hydroxylation is 1. The molecule has 0 atom stereocenters. The first-order chi connectivity index (χ1) is 49.7. The zero-order valence-electron chi connectivity index (χ0n) is 66.0. The van der Waals surface area contributed by atoms with E-state index in [0.29, 0.717) is 57.9 Å². The topological polar surface area (TPSA) is 451 Å². The van der Waals surface area contributed by atoms with Gasteiger partial charge in [-0.15, -0.1) is 15.0 Å². The molecule has 0 bridgehead atoms. The third-order valence-electron chi connectivity index (χ3n) is 14.3. The summed E-state index contributed by atoms with van der Waals surface area (Å²) in [4.78, 5) is 74.5. The average molecular weight is 1520 g/mol. The highest BCUT2D eigenvalue weighted by atomic mass is 32.1. The summed E-state index contributed by atoms with van der Waals surface area (Å²) < 4.78 is 45.9. The number of aromatic amines is 4. The molecule has 0 saturated heterocycles. The molecule has 31 nitrogen and oxygen atoms in total. The molecule has 1 amide bonds. The van der Waals surface area contributed by atoms with E-state index in [0.717, 1.165) is 70.9 Å². The van der Waals surface area contributed by atoms with Crippen molar-refractivity contribution >= 4 is 17.4 Å². The number of imidazole rings is 2. The van der Waals surface area contributed by atoms with Crippen LogP contribution in [0.1, 0.15) is 293 Å². The van der Waals surface area contributed by atoms with Crippen LogP contribution in [0.3, 0.4) is 0 Å². The number of benzene rings is 1. The maximum Gasteiger partial charge on any atom is 0.360 e. The second-order valence-electron chi connectivity index (χ2n) is 27.5. The van der Waals surface area contributed by atoms with Gasteiger partial charge in [-0.25, -0.2) is 28.7 Å². The Morgan fingerprint density at radius 1 is 0.617 bits per heavy atom. The van der Waals surface area contributed by atoms with Gasteiger partial charge < -0.3 is 44.5 Å². The second kappa shape index (κ2) is 48.2. The van der Waals surface area contributed by atoms with E-state index >= 15 is 0 Å². The maximum atomic E-state index is 12.7. The van der Waals surface area contributed by atoms with Gasteiger partial charge in [-0.1, -0.05) is 183 Å². The molecule has 0 fully saturated rings. The Labute approximate surface area is 625 Å². The van der Waals surface area contributed by atoms with Crippen LogP contribution in [0, 0.1) is 29.0 Å². The van der Waals surface area contributed by atoms with Crippen molar-refractivity contribution in [2.75, 3.05) is 0 Å². The fraction of sp³-hybridized carbons (Fsp3) is 0.507. The first-order valence-corrected chi connectivity index (χ1v) is 35.3. The van der Waals surface area contributed by atoms with Gasteiger partial charge in [0, 0.05) is 77.4 Å². The molecule has 11 N–H and O–H groups in total. The van der Waals surface area contributed by atoms with Gasteiger partial charge in [0.15, 0.2) is 29.3 Å². The van der Waals surface area contributed by atoms with E-state index < -0.39 is 17.4 Å². The number of halogens is 2. The predicted molar refractivity (Wildman–Crippen MR) is 403 cm³/mol. The summed E-state index contributed by atoms with van der Waals surface area (Å²) in [5, 5.41) is 82.1. The minimum absolute atomic E-state index is 0.0173. The maximum absolute atomic E-state index is 12.7. The highest BCUT2D eigenvalue weighted by Gasteiger charge is 2.19. The van der Waals surface area contributed by atoms with Gasteiger partial charge in [0.1, 0.15) is 29.9 Å². The number of nitrogens with zero attached hydrogens (tertiary/aromatic N) is 11. The minimum atomic E-state index is -0.904. The summed E-state index contributed by atoms with van der Waals surface area (Å²) in [7, 11) is 1.84. The lowest BCUT2D eigenvalue weighted by Gasteiger charge is -2.07. The zero-order chi connectivity index (χ0) is 82.4. The monoisotopic (exact) mass is 1520 g/mol. The average Bonchev–Trinajstić information content (AvgIpc) is 1.80. The van der Waals surface area contributed by atoms with Crippen LogP contribution < -0.4 is 33.0 Å². The van der Waals surface area contributed by atoms with Crippen LogP contribution in [-0.2, 0) is 11.8 Å². The first kappa shape index (κ1) is 96.0. The van der Waals surface area contributed by atoms with Gasteiger partial charge in [0.05, 0.1) is 47.5 Å². The number of carbonyl (C=O) groups excluding carboxylic acids is 1. The molecule has 0 spiro atoms. The van der Waals surface area contributed by atoms with Crippen molar-refractivity contribution in [3.05, 3.63) is 211 Å². The Bertz CT molecular complexity index is 4300. The largest absolute Gasteiger partial charge is 0.503 e. The van der Waals surface area contributed by atoms with Gasteiger partial charge >= 0.3 is 5.63 Å². The summed E-state index contributed by atoms with van der Waals surface area (Å²) in [5.41, 5.74) is 5.40. The molecular weight excluding hydrogens is 1410 g/mol. The number of carbonyl (C=O) groups is 1. The summed E-state index contributed by atoms with van der Waals surface area (Å²) in [6.45, 7) is 47.0. The van der Waals surface area contributed by atoms with Crippen LogP contribution in [0.25, 0.3) is 0 Å². The lowest BCUT2D eigenvalue weighted by atomic mass is 10.0. The van der Waals surface area contributed by atoms with E-state index in [2.05, 4.69) is 77.4 Å². The molecule has 10 aromatic rings. The number of phenols is 1. The molecule has 9 aromatic heterocycles. The SMILES string of the molecule is CC(C)C(=O)NC#N.CC(C)c1c[nH]oc1=O.CC(C)c1cc(=O)[nH]n1C.CC(C)c1cc(=O)[nH]o1.CC(C)c1cc(=O)[nH]s1.CC(C)c1cc(F)c(O)c(F)c1.CC(C)c1ccnn1O.CC(C)c1cncn1O.CC(C)c1cocc(O)c1=O.CC(C)c1nccn1O.CC(C)c1nnn(O)c1C(C)C. The van der Waals surface area contributed by atoms with E-state index in [1.54, 1.807) is 67.7 Å². The number of H-pyrrole nitrogens is 4. The smallest absolute Gasteiger partial charge is 0.360 e. The number of phenolic OH excluding ortho intramolecular Hbond substituents is 1. The Kier molecular flexibility index (Phi) is 43.2. The second-order valence-corrected chi connectivity index (χ2v) is 28.3. The van der Waals surface area contributed by atoms with Crippen molar-refractivity contribution in [1.82, 2.24) is 74.3 Å². The fourth-order valence-corrected chi connectivity index (χ4v) is 8.89. The molecule has 594 valence electrons. The van der Waals surface area contributed by atoms with Crippen LogP contribution in [-0.4, -0.2) is 106 Å². The lowest BCUT2D eigenvalue weighted by Crippen LogP contribution is -2.22. The molecule has 0 radical (unpaired) electrons. The molecule has 1 aromatic carbocycles. The predicted octanol–water partition coefficient (Wildman–Crippen LogP) is 14.6. The number of amides is 1. The van der Waals surface area contributed by atoms with E-state index in [-0.39, 0.29) is 80.8 Å². The molecule has 107 heavy (non-hydrogen) atoms. The molecule has 0 unspecified atom stereocenters. The molecule has 10 rings (SSSR count). The normalized spacial score (nSPS) is 10.5. The zero-order valence-corrected chi connectivity index (χ0v) is 66.8. The summed E-state index contributed by atoms with van der Waals surface area (Å²) in [6, 6.07) is 8.82. The number of hydrogen-bond acceptors (Lipinski definition) is 22. The van der Waals surface area contributed by atoms with Gasteiger partial charge in [-0.05, 0) is 76.3 Å². The third kappa shape index (κ3) is 35.1. The van der Waals surface area contributed by atoms with Crippen molar-refractivity contribution < 1.29 is 58.1 Å². The highest BCUT2D eigenvalue weighted by molar-refractivity contribution is 7.05. The van der Waals surface area contributed by atoms with Crippen LogP contribution in [0.2, 0.25) is 0 Å². The number of nitriles is 1. The van der Waals surface area contributed by atoms with E-state index in [4.69, 9.17) is 40.0 Å². The molecule has 34 heteroatoms. The van der Waals surface area contributed by atoms with Crippen LogP contribution in [0.5, 0.6) is 11.5 Å². The quantitative estimate of drug-likeness (QED) is 0.0307. The van der Waals surface area contributed by atoms with Crippen molar-refractivity contribution in [2.45, 2.75) is 231 Å². The van der Waals surface area contributed by atoms with Crippen LogP contribution in [0.4, 0.5) is 8.78 Å². The van der Waals surface area contributed by atoms with Gasteiger partial charge in [0.25, 0.3) is 16.7 Å². The number of aromatic hydroxyl groups is 2. The number of rotatable bonds is 12. The summed E-state index contributed by atoms with van der Waals surface area (Å²) in [6.07, 6.45) is 13.3. The molecular formula is C73H112F2N16O15S. The highest BCUT2D eigenvalue weighted by Crippen LogP contribution is 2.26. The van der Waals surface area contributed by atoms with E-state index in [1.165, 1.54) is 36.4 Å². The van der Waals surface area contributed by atoms with Crippen molar-refractivity contribution in [1.29, 1.82) is 5.26 Å². The number of hydrogen-bond donors (Lipinski definition) is 11. The Morgan fingerprint density at radius 3 is 1.46 bits per heavy atom. The summed E-state index contributed by atoms with van der Waals surface area (Å²) >= 11 is 1.42. The van der Waals surface area contributed by atoms with Crippen molar-refractivity contribution in [3.8, 4) is 17.7 Å². The molecule has 0 saturated carbocycles. The Hall–Kier alpha value is -11.0. The molecule has 0 aliphatic carbocycles. The molecule has 9 heterocycles.